The molecular weight excluding hydrogens is 413 g/mol. The third-order valence-electron chi connectivity index (χ3n) is 2.49. The van der Waals surface area contributed by atoms with Crippen molar-refractivity contribution in [3.8, 4) is 11.5 Å². The average Bonchev–Trinajstić information content (AvgIpc) is 2.42. The van der Waals surface area contributed by atoms with Crippen molar-refractivity contribution in [3.05, 3.63) is 61.0 Å². The van der Waals surface area contributed by atoms with Crippen LogP contribution in [0.5, 0.6) is 11.5 Å². The Morgan fingerprint density at radius 1 is 1.15 bits per heavy atom. The second-order valence-corrected chi connectivity index (χ2v) is 5.91. The molecule has 0 aliphatic rings. The number of benzene rings is 2. The molecule has 0 unspecified atom stereocenters. The molecule has 0 fully saturated rings. The van der Waals surface area contributed by atoms with Gasteiger partial charge in [0.15, 0.2) is 0 Å². The van der Waals surface area contributed by atoms with E-state index < -0.39 is 4.92 Å². The number of hydrogen-bond acceptors (Lipinski definition) is 3. The van der Waals surface area contributed by atoms with Crippen LogP contribution >= 0.6 is 43.5 Å². The molecule has 0 aliphatic carbocycles. The lowest BCUT2D eigenvalue weighted by molar-refractivity contribution is -0.385. The van der Waals surface area contributed by atoms with Crippen LogP contribution < -0.4 is 4.74 Å². The number of alkyl halides is 1. The van der Waals surface area contributed by atoms with Crippen LogP contribution in [-0.2, 0) is 5.88 Å². The third-order valence-corrected chi connectivity index (χ3v) is 3.91. The Bertz CT molecular complexity index is 664. The predicted molar refractivity (Wildman–Crippen MR) is 84.6 cm³/mol. The van der Waals surface area contributed by atoms with E-state index in [1.807, 2.05) is 6.07 Å². The highest BCUT2D eigenvalue weighted by Crippen LogP contribution is 2.36. The highest BCUT2D eigenvalue weighted by molar-refractivity contribution is 9.10. The molecule has 0 spiro atoms. The maximum absolute atomic E-state index is 11.0. The van der Waals surface area contributed by atoms with E-state index in [-0.39, 0.29) is 11.4 Å². The van der Waals surface area contributed by atoms with Gasteiger partial charge < -0.3 is 4.74 Å². The molecule has 2 aromatic carbocycles. The Kier molecular flexibility index (Phi) is 5.01. The first-order valence-corrected chi connectivity index (χ1v) is 7.59. The Balaban J connectivity index is 2.37. The number of halogens is 3. The Hall–Kier alpha value is -1.11. The molecule has 7 heteroatoms. The molecular formula is C13H8Br2ClNO3. The third kappa shape index (κ3) is 3.50. The van der Waals surface area contributed by atoms with Gasteiger partial charge in [-0.15, -0.1) is 11.6 Å². The first-order chi connectivity index (χ1) is 9.51. The second kappa shape index (κ2) is 6.56. The average molecular weight is 421 g/mol. The van der Waals surface area contributed by atoms with Crippen LogP contribution in [-0.4, -0.2) is 4.92 Å². The molecule has 0 amide bonds. The minimum absolute atomic E-state index is 0.104. The standard InChI is InChI=1S/C13H8Br2ClNO3/c14-9-2-4-13(11(6-9)17(18)19)20-12-3-1-8(7-16)5-10(12)15/h1-6H,7H2. The summed E-state index contributed by atoms with van der Waals surface area (Å²) in [5.41, 5.74) is 0.823. The fraction of sp³-hybridized carbons (Fsp3) is 0.0769. The monoisotopic (exact) mass is 419 g/mol. The lowest BCUT2D eigenvalue weighted by atomic mass is 10.2. The van der Waals surface area contributed by atoms with Crippen molar-refractivity contribution >= 4 is 49.1 Å². The number of nitro benzene ring substituents is 1. The number of nitrogens with zero attached hydrogens (tertiary/aromatic N) is 1. The minimum Gasteiger partial charge on any atom is -0.449 e. The van der Waals surface area contributed by atoms with E-state index in [0.717, 1.165) is 5.56 Å². The molecule has 2 rings (SSSR count). The number of rotatable bonds is 4. The molecule has 2 aromatic rings. The van der Waals surface area contributed by atoms with E-state index >= 15 is 0 Å². The van der Waals surface area contributed by atoms with Crippen molar-refractivity contribution in [1.82, 2.24) is 0 Å². The lowest BCUT2D eigenvalue weighted by Gasteiger charge is -2.09. The van der Waals surface area contributed by atoms with E-state index in [1.165, 1.54) is 6.07 Å². The summed E-state index contributed by atoms with van der Waals surface area (Å²) in [5, 5.41) is 11.0. The summed E-state index contributed by atoms with van der Waals surface area (Å²) in [6.45, 7) is 0. The molecule has 104 valence electrons. The molecule has 0 atom stereocenters. The topological polar surface area (TPSA) is 52.4 Å². The van der Waals surface area contributed by atoms with Gasteiger partial charge in [-0.05, 0) is 45.8 Å². The van der Waals surface area contributed by atoms with Crippen LogP contribution in [0.15, 0.2) is 45.3 Å². The lowest BCUT2D eigenvalue weighted by Crippen LogP contribution is -1.94. The van der Waals surface area contributed by atoms with Gasteiger partial charge in [0.25, 0.3) is 0 Å². The van der Waals surface area contributed by atoms with Crippen LogP contribution in [0, 0.1) is 10.1 Å². The Morgan fingerprint density at radius 2 is 1.85 bits per heavy atom. The van der Waals surface area contributed by atoms with Crippen molar-refractivity contribution in [2.45, 2.75) is 5.88 Å². The van der Waals surface area contributed by atoms with Crippen LogP contribution in [0.25, 0.3) is 0 Å². The fourth-order valence-corrected chi connectivity index (χ4v) is 2.57. The van der Waals surface area contributed by atoms with Gasteiger partial charge in [0.1, 0.15) is 5.75 Å². The van der Waals surface area contributed by atoms with Gasteiger partial charge in [0.05, 0.1) is 9.40 Å². The predicted octanol–water partition coefficient (Wildman–Crippen LogP) is 5.65. The molecule has 0 bridgehead atoms. The maximum atomic E-state index is 11.0. The van der Waals surface area contributed by atoms with Crippen LogP contribution in [0.4, 0.5) is 5.69 Å². The van der Waals surface area contributed by atoms with E-state index in [4.69, 9.17) is 16.3 Å². The zero-order chi connectivity index (χ0) is 14.7. The molecule has 0 saturated carbocycles. The summed E-state index contributed by atoms with van der Waals surface area (Å²) in [6.07, 6.45) is 0. The zero-order valence-corrected chi connectivity index (χ0v) is 13.9. The summed E-state index contributed by atoms with van der Waals surface area (Å²) in [6, 6.07) is 9.96. The minimum atomic E-state index is -0.485. The number of ether oxygens (including phenoxy) is 1. The molecule has 0 aromatic heterocycles. The summed E-state index contributed by atoms with van der Waals surface area (Å²) in [7, 11) is 0. The number of hydrogen-bond donors (Lipinski definition) is 0. The molecule has 20 heavy (non-hydrogen) atoms. The first-order valence-electron chi connectivity index (χ1n) is 5.47. The molecule has 0 aliphatic heterocycles. The molecule has 0 saturated heterocycles. The Labute approximate surface area is 137 Å². The normalized spacial score (nSPS) is 10.3. The van der Waals surface area contributed by atoms with Gasteiger partial charge in [0, 0.05) is 16.4 Å². The van der Waals surface area contributed by atoms with Gasteiger partial charge in [-0.25, -0.2) is 0 Å². The Morgan fingerprint density at radius 3 is 2.45 bits per heavy atom. The molecule has 0 radical (unpaired) electrons. The summed E-state index contributed by atoms with van der Waals surface area (Å²) >= 11 is 12.3. The fourth-order valence-electron chi connectivity index (χ4n) is 1.55. The highest BCUT2D eigenvalue weighted by atomic mass is 79.9. The van der Waals surface area contributed by atoms with Crippen molar-refractivity contribution in [1.29, 1.82) is 0 Å². The van der Waals surface area contributed by atoms with E-state index in [1.54, 1.807) is 24.3 Å². The van der Waals surface area contributed by atoms with Crippen molar-refractivity contribution in [2.24, 2.45) is 0 Å². The molecule has 0 heterocycles. The van der Waals surface area contributed by atoms with Gasteiger partial charge in [-0.1, -0.05) is 22.0 Å². The van der Waals surface area contributed by atoms with Gasteiger partial charge in [0.2, 0.25) is 5.75 Å². The largest absolute Gasteiger partial charge is 0.449 e. The van der Waals surface area contributed by atoms with Gasteiger partial charge in [-0.2, -0.15) is 0 Å². The van der Waals surface area contributed by atoms with E-state index in [0.29, 0.717) is 20.6 Å². The van der Waals surface area contributed by atoms with E-state index in [9.17, 15) is 10.1 Å². The molecule has 0 N–H and O–H groups in total. The van der Waals surface area contributed by atoms with Crippen LogP contribution in [0.3, 0.4) is 0 Å². The van der Waals surface area contributed by atoms with Crippen LogP contribution in [0.2, 0.25) is 0 Å². The summed E-state index contributed by atoms with van der Waals surface area (Å²) < 4.78 is 6.91. The van der Waals surface area contributed by atoms with E-state index in [2.05, 4.69) is 31.9 Å². The number of nitro groups is 1. The smallest absolute Gasteiger partial charge is 0.312 e. The second-order valence-electron chi connectivity index (χ2n) is 3.87. The van der Waals surface area contributed by atoms with Crippen LogP contribution in [0.1, 0.15) is 5.56 Å². The maximum Gasteiger partial charge on any atom is 0.312 e. The van der Waals surface area contributed by atoms with Gasteiger partial charge in [-0.3, -0.25) is 10.1 Å². The highest BCUT2D eigenvalue weighted by Gasteiger charge is 2.17. The van der Waals surface area contributed by atoms with Crippen molar-refractivity contribution in [3.63, 3.8) is 0 Å². The first kappa shape index (κ1) is 15.3. The van der Waals surface area contributed by atoms with Gasteiger partial charge >= 0.3 is 5.69 Å². The zero-order valence-electron chi connectivity index (χ0n) is 9.98. The summed E-state index contributed by atoms with van der Waals surface area (Å²) in [5.74, 6) is 1.05. The SMILES string of the molecule is O=[N+]([O-])c1cc(Br)ccc1Oc1ccc(CCl)cc1Br. The van der Waals surface area contributed by atoms with Crippen molar-refractivity contribution in [2.75, 3.05) is 0 Å². The summed E-state index contributed by atoms with van der Waals surface area (Å²) in [4.78, 5) is 10.5. The van der Waals surface area contributed by atoms with Crippen molar-refractivity contribution < 1.29 is 9.66 Å². The quantitative estimate of drug-likeness (QED) is 0.364. The molecule has 4 nitrogen and oxygen atoms in total.